The van der Waals surface area contributed by atoms with Crippen molar-refractivity contribution < 1.29 is 14.1 Å². The van der Waals surface area contributed by atoms with E-state index in [2.05, 4.69) is 19.1 Å². The zero-order valence-corrected chi connectivity index (χ0v) is 15.8. The smallest absolute Gasteiger partial charge is 0.403 e. The zero-order valence-electron chi connectivity index (χ0n) is 15.0. The van der Waals surface area contributed by atoms with Gasteiger partial charge in [-0.25, -0.2) is 0 Å². The molecule has 1 heterocycles. The van der Waals surface area contributed by atoms with Crippen LogP contribution in [0.3, 0.4) is 0 Å². The van der Waals surface area contributed by atoms with Crippen molar-refractivity contribution in [2.45, 2.75) is 64.5 Å². The van der Waals surface area contributed by atoms with Crippen LogP contribution in [-0.2, 0) is 19.4 Å². The second kappa shape index (κ2) is 6.62. The standard InChI is InChI=1S/C18H27BO3S/c1-7-23-15(20)13-18(6,14-11-9-8-10-12-14)19-21-16(2,3)17(4,5)22-19/h8-12H,7,13H2,1-6H3/t18-/m1/s1. The van der Waals surface area contributed by atoms with Crippen molar-refractivity contribution in [1.82, 2.24) is 0 Å². The Morgan fingerprint density at radius 2 is 1.65 bits per heavy atom. The lowest BCUT2D eigenvalue weighted by Crippen LogP contribution is -2.45. The van der Waals surface area contributed by atoms with Gasteiger partial charge in [0.05, 0.1) is 11.2 Å². The Kier molecular flexibility index (Phi) is 5.34. The van der Waals surface area contributed by atoms with E-state index in [1.165, 1.54) is 11.8 Å². The van der Waals surface area contributed by atoms with E-state index in [9.17, 15) is 4.79 Å². The molecule has 0 amide bonds. The molecule has 1 saturated heterocycles. The Hall–Kier alpha value is -0.775. The second-order valence-corrected chi connectivity index (χ2v) is 8.67. The number of benzene rings is 1. The van der Waals surface area contributed by atoms with Gasteiger partial charge in [0.2, 0.25) is 0 Å². The SMILES string of the molecule is CCSC(=O)C[C@@](C)(B1OC(C)(C)C(C)(C)O1)c1ccccc1. The molecule has 1 aliphatic rings. The van der Waals surface area contributed by atoms with E-state index in [0.717, 1.165) is 11.3 Å². The van der Waals surface area contributed by atoms with E-state index in [1.807, 2.05) is 52.8 Å². The summed E-state index contributed by atoms with van der Waals surface area (Å²) in [7, 11) is -0.448. The molecule has 0 unspecified atom stereocenters. The van der Waals surface area contributed by atoms with E-state index in [1.54, 1.807) is 0 Å². The number of hydrogen-bond acceptors (Lipinski definition) is 4. The molecular formula is C18H27BO3S. The van der Waals surface area contributed by atoms with Gasteiger partial charge in [-0.15, -0.1) is 0 Å². The molecule has 0 saturated carbocycles. The van der Waals surface area contributed by atoms with Gasteiger partial charge < -0.3 is 9.31 Å². The summed E-state index contributed by atoms with van der Waals surface area (Å²) in [5, 5.41) is -0.334. The zero-order chi connectivity index (χ0) is 17.3. The molecule has 1 aromatic carbocycles. The summed E-state index contributed by atoms with van der Waals surface area (Å²) >= 11 is 1.36. The van der Waals surface area contributed by atoms with E-state index in [4.69, 9.17) is 9.31 Å². The fraction of sp³-hybridized carbons (Fsp3) is 0.611. The first-order valence-corrected chi connectivity index (χ1v) is 9.18. The van der Waals surface area contributed by atoms with Gasteiger partial charge in [0.15, 0.2) is 5.12 Å². The number of carbonyl (C=O) groups is 1. The third-order valence-electron chi connectivity index (χ3n) is 5.02. The highest BCUT2D eigenvalue weighted by atomic mass is 32.2. The van der Waals surface area contributed by atoms with Gasteiger partial charge in [-0.05, 0) is 39.0 Å². The van der Waals surface area contributed by atoms with E-state index < -0.39 is 23.6 Å². The van der Waals surface area contributed by atoms with E-state index >= 15 is 0 Å². The highest BCUT2D eigenvalue weighted by Crippen LogP contribution is 2.44. The molecule has 126 valence electrons. The van der Waals surface area contributed by atoms with Crippen LogP contribution in [-0.4, -0.2) is 29.2 Å². The average Bonchev–Trinajstić information content (AvgIpc) is 2.69. The number of thioether (sulfide) groups is 1. The first-order valence-electron chi connectivity index (χ1n) is 8.19. The Morgan fingerprint density at radius 1 is 1.13 bits per heavy atom. The lowest BCUT2D eigenvalue weighted by atomic mass is 9.53. The maximum absolute atomic E-state index is 12.4. The van der Waals surface area contributed by atoms with Crippen molar-refractivity contribution in [3.05, 3.63) is 35.9 Å². The van der Waals surface area contributed by atoms with Crippen molar-refractivity contribution >= 4 is 24.0 Å². The maximum atomic E-state index is 12.4. The lowest BCUT2D eigenvalue weighted by molar-refractivity contribution is -0.111. The topological polar surface area (TPSA) is 35.5 Å². The van der Waals surface area contributed by atoms with Crippen LogP contribution < -0.4 is 0 Å². The van der Waals surface area contributed by atoms with Crippen LogP contribution in [0.1, 0.15) is 53.5 Å². The van der Waals surface area contributed by atoms with Crippen molar-refractivity contribution in [3.8, 4) is 0 Å². The van der Waals surface area contributed by atoms with Crippen LogP contribution in [0.4, 0.5) is 0 Å². The van der Waals surface area contributed by atoms with Gasteiger partial charge in [0.1, 0.15) is 0 Å². The van der Waals surface area contributed by atoms with Crippen LogP contribution in [0.5, 0.6) is 0 Å². The predicted octanol–water partition coefficient (Wildman–Crippen LogP) is 4.25. The van der Waals surface area contributed by atoms with Gasteiger partial charge in [0.25, 0.3) is 0 Å². The predicted molar refractivity (Wildman–Crippen MR) is 97.6 cm³/mol. The highest BCUT2D eigenvalue weighted by Gasteiger charge is 2.58. The van der Waals surface area contributed by atoms with Crippen LogP contribution in [0, 0.1) is 0 Å². The van der Waals surface area contributed by atoms with Gasteiger partial charge in [0, 0.05) is 11.7 Å². The van der Waals surface area contributed by atoms with Crippen molar-refractivity contribution in [2.24, 2.45) is 0 Å². The molecule has 3 nitrogen and oxygen atoms in total. The molecule has 23 heavy (non-hydrogen) atoms. The molecule has 0 N–H and O–H groups in total. The van der Waals surface area contributed by atoms with Crippen LogP contribution in [0.25, 0.3) is 0 Å². The number of hydrogen-bond donors (Lipinski definition) is 0. The lowest BCUT2D eigenvalue weighted by Gasteiger charge is -2.32. The van der Waals surface area contributed by atoms with Crippen molar-refractivity contribution in [1.29, 1.82) is 0 Å². The molecule has 5 heteroatoms. The molecule has 0 spiro atoms. The molecule has 0 aliphatic carbocycles. The van der Waals surface area contributed by atoms with Crippen molar-refractivity contribution in [3.63, 3.8) is 0 Å². The van der Waals surface area contributed by atoms with Crippen LogP contribution in [0.15, 0.2) is 30.3 Å². The minimum Gasteiger partial charge on any atom is -0.403 e. The van der Waals surface area contributed by atoms with Crippen LogP contribution in [0.2, 0.25) is 0 Å². The molecule has 1 aromatic rings. The number of carbonyl (C=O) groups excluding carboxylic acids is 1. The number of rotatable bonds is 5. The molecule has 0 radical (unpaired) electrons. The molecule has 1 aliphatic heterocycles. The first-order chi connectivity index (χ1) is 10.6. The molecule has 1 atom stereocenters. The van der Waals surface area contributed by atoms with E-state index in [0.29, 0.717) is 6.42 Å². The Balaban J connectivity index is 2.37. The minimum absolute atomic E-state index is 0.175. The van der Waals surface area contributed by atoms with E-state index in [-0.39, 0.29) is 5.12 Å². The average molecular weight is 334 g/mol. The Bertz CT molecular complexity index is 543. The quantitative estimate of drug-likeness (QED) is 0.755. The first kappa shape index (κ1) is 18.6. The van der Waals surface area contributed by atoms with Gasteiger partial charge in [-0.3, -0.25) is 4.79 Å². The van der Waals surface area contributed by atoms with Gasteiger partial charge in [-0.2, -0.15) is 0 Å². The summed E-state index contributed by atoms with van der Waals surface area (Å²) in [6.07, 6.45) is 0.395. The van der Waals surface area contributed by atoms with Gasteiger partial charge in [-0.1, -0.05) is 55.9 Å². The summed E-state index contributed by atoms with van der Waals surface area (Å²) in [6.45, 7) is 12.2. The second-order valence-electron chi connectivity index (χ2n) is 7.35. The highest BCUT2D eigenvalue weighted by molar-refractivity contribution is 8.13. The normalized spacial score (nSPS) is 21.9. The monoisotopic (exact) mass is 334 g/mol. The fourth-order valence-corrected chi connectivity index (χ4v) is 3.48. The summed E-state index contributed by atoms with van der Waals surface area (Å²) in [5.74, 6) is 0.785. The maximum Gasteiger partial charge on any atom is 0.469 e. The van der Waals surface area contributed by atoms with Crippen molar-refractivity contribution in [2.75, 3.05) is 5.75 Å². The summed E-state index contributed by atoms with van der Waals surface area (Å²) in [5.41, 5.74) is 0.257. The molecule has 1 fully saturated rings. The summed E-state index contributed by atoms with van der Waals surface area (Å²) in [6, 6.07) is 10.1. The Morgan fingerprint density at radius 3 is 2.13 bits per heavy atom. The summed E-state index contributed by atoms with van der Waals surface area (Å²) in [4.78, 5) is 12.4. The molecule has 0 aromatic heterocycles. The molecule has 0 bridgehead atoms. The summed E-state index contributed by atoms with van der Waals surface area (Å²) < 4.78 is 12.6. The fourth-order valence-electron chi connectivity index (χ4n) is 2.76. The third kappa shape index (κ3) is 3.67. The third-order valence-corrected chi connectivity index (χ3v) is 5.78. The van der Waals surface area contributed by atoms with Gasteiger partial charge >= 0.3 is 7.12 Å². The largest absolute Gasteiger partial charge is 0.469 e. The molecule has 2 rings (SSSR count). The minimum atomic E-state index is -0.508. The molecular weight excluding hydrogens is 307 g/mol. The van der Waals surface area contributed by atoms with Crippen LogP contribution >= 0.6 is 11.8 Å². The Labute approximate surface area is 144 Å².